The molecule has 3 nitrogen and oxygen atoms in total. The van der Waals surface area contributed by atoms with Gasteiger partial charge in [0.1, 0.15) is 19.0 Å². The first kappa shape index (κ1) is 13.9. The van der Waals surface area contributed by atoms with Crippen molar-refractivity contribution in [3.8, 4) is 11.5 Å². The third-order valence-corrected chi connectivity index (χ3v) is 3.65. The average molecular weight is 287 g/mol. The number of rotatable bonds is 3. The van der Waals surface area contributed by atoms with Crippen LogP contribution in [0, 0.1) is 12.7 Å². The van der Waals surface area contributed by atoms with Gasteiger partial charge in [-0.15, -0.1) is 0 Å². The summed E-state index contributed by atoms with van der Waals surface area (Å²) < 4.78 is 25.3. The average Bonchev–Trinajstić information content (AvgIpc) is 2.51. The van der Waals surface area contributed by atoms with Gasteiger partial charge in [0.25, 0.3) is 0 Å². The van der Waals surface area contributed by atoms with Crippen LogP contribution in [0.4, 0.5) is 4.39 Å². The van der Waals surface area contributed by atoms with Gasteiger partial charge in [-0.2, -0.15) is 0 Å². The molecule has 0 saturated carbocycles. The van der Waals surface area contributed by atoms with Gasteiger partial charge in [-0.05, 0) is 37.7 Å². The number of halogens is 1. The Labute approximate surface area is 123 Å². The van der Waals surface area contributed by atoms with Gasteiger partial charge in [-0.1, -0.05) is 23.8 Å². The van der Waals surface area contributed by atoms with Gasteiger partial charge in [-0.3, -0.25) is 0 Å². The second-order valence-corrected chi connectivity index (χ2v) is 5.15. The molecule has 1 aliphatic rings. The minimum absolute atomic E-state index is 0.213. The van der Waals surface area contributed by atoms with E-state index in [1.54, 1.807) is 6.07 Å². The smallest absolute Gasteiger partial charge is 0.161 e. The molecule has 0 saturated heterocycles. The fourth-order valence-corrected chi connectivity index (χ4v) is 2.63. The molecule has 0 aliphatic carbocycles. The lowest BCUT2D eigenvalue weighted by atomic mass is 9.96. The maximum atomic E-state index is 14.1. The van der Waals surface area contributed by atoms with E-state index in [0.717, 1.165) is 16.9 Å². The normalized spacial score (nSPS) is 14.8. The molecule has 1 aliphatic heterocycles. The van der Waals surface area contributed by atoms with E-state index in [-0.39, 0.29) is 11.9 Å². The topological polar surface area (TPSA) is 30.5 Å². The highest BCUT2D eigenvalue weighted by Crippen LogP contribution is 2.34. The van der Waals surface area contributed by atoms with Gasteiger partial charge in [0, 0.05) is 5.56 Å². The van der Waals surface area contributed by atoms with Crippen molar-refractivity contribution in [1.29, 1.82) is 0 Å². The van der Waals surface area contributed by atoms with Crippen LogP contribution in [-0.2, 0) is 0 Å². The fraction of sp³-hybridized carbons (Fsp3) is 0.294. The molecule has 0 radical (unpaired) electrons. The van der Waals surface area contributed by atoms with Gasteiger partial charge in [0.2, 0.25) is 0 Å². The van der Waals surface area contributed by atoms with Crippen molar-refractivity contribution in [2.75, 3.05) is 20.3 Å². The van der Waals surface area contributed by atoms with Crippen molar-refractivity contribution in [2.24, 2.45) is 0 Å². The first-order chi connectivity index (χ1) is 10.2. The van der Waals surface area contributed by atoms with E-state index < -0.39 is 0 Å². The summed E-state index contributed by atoms with van der Waals surface area (Å²) in [7, 11) is 1.82. The molecule has 4 heteroatoms. The van der Waals surface area contributed by atoms with E-state index in [0.29, 0.717) is 24.5 Å². The summed E-state index contributed by atoms with van der Waals surface area (Å²) in [5, 5.41) is 3.17. The first-order valence-electron chi connectivity index (χ1n) is 7.02. The predicted molar refractivity (Wildman–Crippen MR) is 79.5 cm³/mol. The standard InChI is InChI=1S/C17H18FNO2/c1-11-3-5-14(18)13(9-11)17(19-2)12-4-6-15-16(10-12)21-8-7-20-15/h3-6,9-10,17,19H,7-8H2,1-2H3. The SMILES string of the molecule is CNC(c1ccc2c(c1)OCCO2)c1cc(C)ccc1F. The number of benzene rings is 2. The summed E-state index contributed by atoms with van der Waals surface area (Å²) in [4.78, 5) is 0. The van der Waals surface area contributed by atoms with Crippen LogP contribution in [0.1, 0.15) is 22.7 Å². The zero-order valence-corrected chi connectivity index (χ0v) is 12.2. The summed E-state index contributed by atoms with van der Waals surface area (Å²) >= 11 is 0. The molecule has 0 amide bonds. The molecule has 1 unspecified atom stereocenters. The lowest BCUT2D eigenvalue weighted by Gasteiger charge is -2.22. The van der Waals surface area contributed by atoms with Crippen LogP contribution in [0.3, 0.4) is 0 Å². The summed E-state index contributed by atoms with van der Waals surface area (Å²) in [5.41, 5.74) is 2.62. The van der Waals surface area contributed by atoms with Crippen LogP contribution < -0.4 is 14.8 Å². The number of ether oxygens (including phenoxy) is 2. The van der Waals surface area contributed by atoms with Gasteiger partial charge >= 0.3 is 0 Å². The van der Waals surface area contributed by atoms with Crippen LogP contribution in [-0.4, -0.2) is 20.3 Å². The van der Waals surface area contributed by atoms with Crippen molar-refractivity contribution < 1.29 is 13.9 Å². The number of hydrogen-bond donors (Lipinski definition) is 1. The molecule has 0 bridgehead atoms. The van der Waals surface area contributed by atoms with Crippen molar-refractivity contribution in [1.82, 2.24) is 5.32 Å². The van der Waals surface area contributed by atoms with Crippen molar-refractivity contribution >= 4 is 0 Å². The number of nitrogens with one attached hydrogen (secondary N) is 1. The van der Waals surface area contributed by atoms with Gasteiger partial charge in [0.05, 0.1) is 6.04 Å². The molecule has 0 aromatic heterocycles. The van der Waals surface area contributed by atoms with Crippen LogP contribution in [0.2, 0.25) is 0 Å². The lowest BCUT2D eigenvalue weighted by molar-refractivity contribution is 0.171. The second-order valence-electron chi connectivity index (χ2n) is 5.15. The Bertz CT molecular complexity index is 657. The molecular formula is C17H18FNO2. The Morgan fingerprint density at radius 3 is 2.57 bits per heavy atom. The zero-order valence-electron chi connectivity index (χ0n) is 12.2. The minimum Gasteiger partial charge on any atom is -0.486 e. The van der Waals surface area contributed by atoms with E-state index in [2.05, 4.69) is 5.32 Å². The third kappa shape index (κ3) is 2.72. The zero-order chi connectivity index (χ0) is 14.8. The summed E-state index contributed by atoms with van der Waals surface area (Å²) in [5.74, 6) is 1.24. The lowest BCUT2D eigenvalue weighted by Crippen LogP contribution is -2.20. The maximum Gasteiger partial charge on any atom is 0.161 e. The fourth-order valence-electron chi connectivity index (χ4n) is 2.63. The molecule has 1 N–H and O–H groups in total. The van der Waals surface area contributed by atoms with Gasteiger partial charge in [-0.25, -0.2) is 4.39 Å². The molecule has 110 valence electrons. The second kappa shape index (κ2) is 5.74. The van der Waals surface area contributed by atoms with E-state index in [9.17, 15) is 4.39 Å². The largest absolute Gasteiger partial charge is 0.486 e. The highest BCUT2D eigenvalue weighted by molar-refractivity contribution is 5.47. The molecular weight excluding hydrogens is 269 g/mol. The molecule has 21 heavy (non-hydrogen) atoms. The van der Waals surface area contributed by atoms with Crippen LogP contribution in [0.25, 0.3) is 0 Å². The Hall–Kier alpha value is -2.07. The first-order valence-corrected chi connectivity index (χ1v) is 7.02. The number of hydrogen-bond acceptors (Lipinski definition) is 3. The van der Waals surface area contributed by atoms with E-state index >= 15 is 0 Å². The van der Waals surface area contributed by atoms with E-state index in [1.165, 1.54) is 6.07 Å². The summed E-state index contributed by atoms with van der Waals surface area (Å²) in [6, 6.07) is 10.7. The van der Waals surface area contributed by atoms with Crippen LogP contribution in [0.5, 0.6) is 11.5 Å². The van der Waals surface area contributed by atoms with E-state index in [1.807, 2.05) is 38.2 Å². The third-order valence-electron chi connectivity index (χ3n) is 3.65. The molecule has 2 aromatic carbocycles. The highest BCUT2D eigenvalue weighted by atomic mass is 19.1. The monoisotopic (exact) mass is 287 g/mol. The summed E-state index contributed by atoms with van der Waals surface area (Å²) in [6.07, 6.45) is 0. The van der Waals surface area contributed by atoms with Crippen molar-refractivity contribution in [3.63, 3.8) is 0 Å². The van der Waals surface area contributed by atoms with Crippen molar-refractivity contribution in [3.05, 3.63) is 58.9 Å². The Kier molecular flexibility index (Phi) is 3.80. The molecule has 1 atom stereocenters. The molecule has 3 rings (SSSR count). The quantitative estimate of drug-likeness (QED) is 0.940. The van der Waals surface area contributed by atoms with Gasteiger partial charge < -0.3 is 14.8 Å². The minimum atomic E-state index is -0.222. The summed E-state index contributed by atoms with van der Waals surface area (Å²) in [6.45, 7) is 3.06. The number of fused-ring (bicyclic) bond motifs is 1. The van der Waals surface area contributed by atoms with Crippen LogP contribution >= 0.6 is 0 Å². The van der Waals surface area contributed by atoms with E-state index in [4.69, 9.17) is 9.47 Å². The Morgan fingerprint density at radius 1 is 1.05 bits per heavy atom. The Balaban J connectivity index is 2.01. The molecule has 1 heterocycles. The maximum absolute atomic E-state index is 14.1. The molecule has 2 aromatic rings. The highest BCUT2D eigenvalue weighted by Gasteiger charge is 2.19. The number of aryl methyl sites for hydroxylation is 1. The predicted octanol–water partition coefficient (Wildman–Crippen LogP) is 3.21. The van der Waals surface area contributed by atoms with Crippen molar-refractivity contribution in [2.45, 2.75) is 13.0 Å². The van der Waals surface area contributed by atoms with Gasteiger partial charge in [0.15, 0.2) is 11.5 Å². The molecule has 0 spiro atoms. The molecule has 0 fully saturated rings. The Morgan fingerprint density at radius 2 is 1.81 bits per heavy atom. The van der Waals surface area contributed by atoms with Crippen LogP contribution in [0.15, 0.2) is 36.4 Å².